The number of rotatable bonds is 8. The third-order valence-corrected chi connectivity index (χ3v) is 8.18. The molecule has 4 rings (SSSR count). The number of benzene rings is 2. The van der Waals surface area contributed by atoms with E-state index in [1.807, 2.05) is 18.2 Å². The zero-order valence-electron chi connectivity index (χ0n) is 19.3. The number of carbonyl (C=O) groups excluding carboxylic acids is 1. The highest BCUT2D eigenvalue weighted by molar-refractivity contribution is 7.89. The highest BCUT2D eigenvalue weighted by atomic mass is 35.5. The molecule has 0 radical (unpaired) electrons. The Kier molecular flexibility index (Phi) is 7.59. The summed E-state index contributed by atoms with van der Waals surface area (Å²) in [6.07, 6.45) is 1.65. The molecular formula is C25H26ClN3O5S. The molecule has 1 aliphatic heterocycles. The summed E-state index contributed by atoms with van der Waals surface area (Å²) in [6, 6.07) is 16.8. The smallest absolute Gasteiger partial charge is 0.243 e. The Balaban J connectivity index is 1.67. The Hall–Kier alpha value is -3.14. The normalized spacial score (nSPS) is 18.3. The maximum Gasteiger partial charge on any atom is 0.243 e. The van der Waals surface area contributed by atoms with E-state index in [0.29, 0.717) is 27.8 Å². The number of amides is 1. The van der Waals surface area contributed by atoms with Crippen molar-refractivity contribution in [1.82, 2.24) is 14.6 Å². The highest BCUT2D eigenvalue weighted by Crippen LogP contribution is 2.43. The summed E-state index contributed by atoms with van der Waals surface area (Å²) in [5.74, 6) is -0.378. The van der Waals surface area contributed by atoms with Gasteiger partial charge in [-0.2, -0.15) is 4.31 Å². The van der Waals surface area contributed by atoms with Gasteiger partial charge in [0.2, 0.25) is 15.9 Å². The fraction of sp³-hybridized carbons (Fsp3) is 0.280. The Bertz CT molecular complexity index is 1290. The van der Waals surface area contributed by atoms with Gasteiger partial charge in [-0.1, -0.05) is 29.8 Å². The van der Waals surface area contributed by atoms with Gasteiger partial charge in [0.25, 0.3) is 0 Å². The minimum absolute atomic E-state index is 0.0179. The van der Waals surface area contributed by atoms with Crippen LogP contribution in [0.1, 0.15) is 17.2 Å². The van der Waals surface area contributed by atoms with Crippen LogP contribution in [-0.2, 0) is 21.4 Å². The van der Waals surface area contributed by atoms with Gasteiger partial charge in [-0.25, -0.2) is 8.42 Å². The molecule has 1 amide bonds. The number of ether oxygens (including phenoxy) is 2. The summed E-state index contributed by atoms with van der Waals surface area (Å²) in [7, 11) is -0.800. The number of nitrogens with one attached hydrogen (secondary N) is 1. The van der Waals surface area contributed by atoms with Crippen molar-refractivity contribution in [2.75, 3.05) is 27.3 Å². The van der Waals surface area contributed by atoms with Crippen molar-refractivity contribution >= 4 is 27.5 Å². The quantitative estimate of drug-likeness (QED) is 0.493. The summed E-state index contributed by atoms with van der Waals surface area (Å²) in [6.45, 7) is 0.363. The number of aromatic nitrogens is 1. The van der Waals surface area contributed by atoms with E-state index in [0.717, 1.165) is 0 Å². The number of hydrogen-bond donors (Lipinski definition) is 1. The van der Waals surface area contributed by atoms with Crippen LogP contribution in [0.25, 0.3) is 0 Å². The first-order chi connectivity index (χ1) is 16.8. The van der Waals surface area contributed by atoms with Gasteiger partial charge in [-0.3, -0.25) is 9.78 Å². The van der Waals surface area contributed by atoms with Gasteiger partial charge in [-0.15, -0.1) is 0 Å². The van der Waals surface area contributed by atoms with Crippen molar-refractivity contribution in [3.05, 3.63) is 83.1 Å². The number of para-hydroxylation sites is 1. The van der Waals surface area contributed by atoms with Crippen LogP contribution in [0.2, 0.25) is 5.02 Å². The molecule has 2 heterocycles. The van der Waals surface area contributed by atoms with E-state index in [9.17, 15) is 13.2 Å². The van der Waals surface area contributed by atoms with Gasteiger partial charge >= 0.3 is 0 Å². The van der Waals surface area contributed by atoms with Gasteiger partial charge < -0.3 is 14.8 Å². The molecule has 0 saturated carbocycles. The average Bonchev–Trinajstić information content (AvgIpc) is 3.34. The van der Waals surface area contributed by atoms with Crippen LogP contribution in [0.4, 0.5) is 0 Å². The minimum Gasteiger partial charge on any atom is -0.493 e. The molecule has 0 aliphatic carbocycles. The molecule has 1 N–H and O–H groups in total. The molecule has 1 aromatic heterocycles. The highest BCUT2D eigenvalue weighted by Gasteiger charge is 2.44. The number of methoxy groups -OCH3 is 2. The number of pyridine rings is 1. The Morgan fingerprint density at radius 2 is 1.83 bits per heavy atom. The van der Waals surface area contributed by atoms with E-state index >= 15 is 0 Å². The van der Waals surface area contributed by atoms with E-state index in [1.165, 1.54) is 42.8 Å². The number of halogens is 1. The minimum atomic E-state index is -3.85. The Labute approximate surface area is 209 Å². The van der Waals surface area contributed by atoms with Crippen LogP contribution in [0, 0.1) is 5.92 Å². The molecule has 35 heavy (non-hydrogen) atoms. The first kappa shape index (κ1) is 25.0. The van der Waals surface area contributed by atoms with Crippen LogP contribution in [0.5, 0.6) is 11.5 Å². The van der Waals surface area contributed by atoms with Crippen molar-refractivity contribution in [3.63, 3.8) is 0 Å². The molecule has 10 heteroatoms. The Morgan fingerprint density at radius 3 is 2.49 bits per heavy atom. The molecule has 1 fully saturated rings. The fourth-order valence-electron chi connectivity index (χ4n) is 4.32. The molecule has 184 valence electrons. The third kappa shape index (κ3) is 5.27. The topological polar surface area (TPSA) is 97.8 Å². The number of sulfonamides is 1. The molecule has 8 nitrogen and oxygen atoms in total. The molecule has 3 aromatic rings. The lowest BCUT2D eigenvalue weighted by molar-refractivity contribution is -0.125. The predicted molar refractivity (Wildman–Crippen MR) is 132 cm³/mol. The van der Waals surface area contributed by atoms with Crippen LogP contribution in [-0.4, -0.2) is 50.9 Å². The number of hydrogen-bond acceptors (Lipinski definition) is 6. The lowest BCUT2D eigenvalue weighted by Gasteiger charge is -2.21. The average molecular weight is 516 g/mol. The van der Waals surface area contributed by atoms with Gasteiger partial charge in [0.05, 0.1) is 37.3 Å². The predicted octanol–water partition coefficient (Wildman–Crippen LogP) is 3.47. The first-order valence-corrected chi connectivity index (χ1v) is 12.8. The summed E-state index contributed by atoms with van der Waals surface area (Å²) in [5, 5.41) is 3.35. The molecule has 2 atom stereocenters. The SMILES string of the molecule is COc1cccc([C@H]2CN(S(=O)(=O)c3ccc(Cl)cc3)C[C@@H]2C(=O)NCc2ccccn2)c1OC. The van der Waals surface area contributed by atoms with Crippen molar-refractivity contribution in [2.45, 2.75) is 17.4 Å². The van der Waals surface area contributed by atoms with Crippen LogP contribution in [0.3, 0.4) is 0 Å². The Morgan fingerprint density at radius 1 is 1.06 bits per heavy atom. The molecule has 0 unspecified atom stereocenters. The number of nitrogens with zero attached hydrogens (tertiary/aromatic N) is 2. The van der Waals surface area contributed by atoms with Gasteiger partial charge in [0.1, 0.15) is 0 Å². The van der Waals surface area contributed by atoms with E-state index in [2.05, 4.69) is 10.3 Å². The molecule has 2 aromatic carbocycles. The molecule has 0 bridgehead atoms. The third-order valence-electron chi connectivity index (χ3n) is 6.08. The molecule has 0 spiro atoms. The summed E-state index contributed by atoms with van der Waals surface area (Å²) in [5.41, 5.74) is 1.42. The van der Waals surface area contributed by atoms with E-state index in [1.54, 1.807) is 24.4 Å². The zero-order chi connectivity index (χ0) is 25.0. The first-order valence-electron chi connectivity index (χ1n) is 11.0. The summed E-state index contributed by atoms with van der Waals surface area (Å²) >= 11 is 5.94. The summed E-state index contributed by atoms with van der Waals surface area (Å²) < 4.78 is 39.2. The molecular weight excluding hydrogens is 490 g/mol. The monoisotopic (exact) mass is 515 g/mol. The van der Waals surface area contributed by atoms with Crippen molar-refractivity contribution in [1.29, 1.82) is 0 Å². The van der Waals surface area contributed by atoms with Crippen molar-refractivity contribution < 1.29 is 22.7 Å². The van der Waals surface area contributed by atoms with Gasteiger partial charge in [-0.05, 0) is 42.5 Å². The second kappa shape index (κ2) is 10.6. The van der Waals surface area contributed by atoms with Crippen molar-refractivity contribution in [2.24, 2.45) is 5.92 Å². The largest absolute Gasteiger partial charge is 0.493 e. The maximum absolute atomic E-state index is 13.4. The molecule has 1 aliphatic rings. The second-order valence-corrected chi connectivity index (χ2v) is 10.5. The van der Waals surface area contributed by atoms with Gasteiger partial charge in [0.15, 0.2) is 11.5 Å². The van der Waals surface area contributed by atoms with Crippen LogP contribution in [0.15, 0.2) is 71.8 Å². The second-order valence-electron chi connectivity index (χ2n) is 8.11. The van der Waals surface area contributed by atoms with E-state index in [-0.39, 0.29) is 30.4 Å². The fourth-order valence-corrected chi connectivity index (χ4v) is 5.93. The van der Waals surface area contributed by atoms with E-state index < -0.39 is 21.9 Å². The lowest BCUT2D eigenvalue weighted by atomic mass is 9.87. The lowest BCUT2D eigenvalue weighted by Crippen LogP contribution is -2.35. The van der Waals surface area contributed by atoms with E-state index in [4.69, 9.17) is 21.1 Å². The summed E-state index contributed by atoms with van der Waals surface area (Å²) in [4.78, 5) is 17.7. The standard InChI is InChI=1S/C25H26ClN3O5S/c1-33-23-8-5-7-20(24(23)34-2)21-15-29(35(31,32)19-11-9-17(26)10-12-19)16-22(21)25(30)28-14-18-6-3-4-13-27-18/h3-13,21-22H,14-16H2,1-2H3,(H,28,30)/t21-,22+/m1/s1. The number of carbonyl (C=O) groups is 1. The zero-order valence-corrected chi connectivity index (χ0v) is 20.9. The molecule has 1 saturated heterocycles. The van der Waals surface area contributed by atoms with Gasteiger partial charge in [0, 0.05) is 35.8 Å². The maximum atomic E-state index is 13.4. The van der Waals surface area contributed by atoms with Crippen LogP contribution < -0.4 is 14.8 Å². The van der Waals surface area contributed by atoms with Crippen LogP contribution >= 0.6 is 11.6 Å². The van der Waals surface area contributed by atoms with Crippen molar-refractivity contribution in [3.8, 4) is 11.5 Å².